The smallest absolute Gasteiger partial charge is 0.193 e. The first-order valence-corrected chi connectivity index (χ1v) is 10.2. The van der Waals surface area contributed by atoms with E-state index in [1.807, 2.05) is 13.2 Å². The maximum absolute atomic E-state index is 6.08. The van der Waals surface area contributed by atoms with Gasteiger partial charge in [0, 0.05) is 57.8 Å². The second-order valence-electron chi connectivity index (χ2n) is 8.05. The number of likely N-dealkylation sites (tertiary alicyclic amines) is 1. The Bertz CT molecular complexity index is 670. The minimum absolute atomic E-state index is 0.486. The number of aliphatic imine (C=N–C) groups is 1. The van der Waals surface area contributed by atoms with Gasteiger partial charge >= 0.3 is 0 Å². The van der Waals surface area contributed by atoms with Crippen molar-refractivity contribution in [2.45, 2.75) is 31.6 Å². The molecule has 4 aliphatic heterocycles. The third kappa shape index (κ3) is 3.27. The topological polar surface area (TPSA) is 62.2 Å². The molecule has 27 heavy (non-hydrogen) atoms. The molecule has 0 amide bonds. The number of hydrogen-bond acceptors (Lipinski definition) is 5. The molecule has 0 saturated carbocycles. The first kappa shape index (κ1) is 17.3. The molecule has 146 valence electrons. The lowest BCUT2D eigenvalue weighted by Gasteiger charge is -2.27. The zero-order chi connectivity index (χ0) is 18.2. The fraction of sp³-hybridized carbons (Fsp3) is 0.700. The highest BCUT2D eigenvalue weighted by molar-refractivity contribution is 5.80. The van der Waals surface area contributed by atoms with Crippen LogP contribution in [0.25, 0.3) is 0 Å². The van der Waals surface area contributed by atoms with E-state index in [1.165, 1.54) is 18.4 Å². The molecule has 0 spiro atoms. The van der Waals surface area contributed by atoms with Crippen LogP contribution in [0.2, 0.25) is 0 Å². The molecular weight excluding hydrogens is 342 g/mol. The Morgan fingerprint density at radius 3 is 2.56 bits per heavy atom. The number of fused-ring (bicyclic) bond motifs is 5. The second kappa shape index (κ2) is 7.28. The number of anilines is 1. The predicted octanol–water partition coefficient (Wildman–Crippen LogP) is 1.10. The van der Waals surface area contributed by atoms with Crippen molar-refractivity contribution in [2.75, 3.05) is 51.3 Å². The van der Waals surface area contributed by atoms with Gasteiger partial charge in [-0.2, -0.15) is 0 Å². The van der Waals surface area contributed by atoms with Crippen LogP contribution in [-0.2, 0) is 16.0 Å². The molecule has 0 aromatic carbocycles. The van der Waals surface area contributed by atoms with Gasteiger partial charge in [-0.3, -0.25) is 4.99 Å². The molecule has 0 radical (unpaired) electrons. The van der Waals surface area contributed by atoms with Gasteiger partial charge in [-0.1, -0.05) is 6.07 Å². The molecule has 7 nitrogen and oxygen atoms in total. The van der Waals surface area contributed by atoms with Crippen molar-refractivity contribution in [1.29, 1.82) is 0 Å². The van der Waals surface area contributed by atoms with Gasteiger partial charge < -0.3 is 24.6 Å². The predicted molar refractivity (Wildman–Crippen MR) is 104 cm³/mol. The molecule has 2 bridgehead atoms. The first-order chi connectivity index (χ1) is 13.3. The van der Waals surface area contributed by atoms with Crippen LogP contribution in [-0.4, -0.2) is 74.5 Å². The van der Waals surface area contributed by atoms with E-state index in [-0.39, 0.29) is 0 Å². The standard InChI is InChI=1S/C20H29N5O2/c1-21-20(25-12-15-16(13-25)18-4-3-17(15)27-18)23-11-14-2-5-19(22-10-14)24-6-8-26-9-7-24/h2,5,10,15-18H,3-4,6-9,11-13H2,1H3,(H,21,23). The van der Waals surface area contributed by atoms with Crippen LogP contribution >= 0.6 is 0 Å². The number of hydrogen-bond donors (Lipinski definition) is 1. The van der Waals surface area contributed by atoms with Crippen LogP contribution in [0, 0.1) is 11.8 Å². The lowest BCUT2D eigenvalue weighted by molar-refractivity contribution is 0.0767. The molecule has 4 aliphatic rings. The summed E-state index contributed by atoms with van der Waals surface area (Å²) >= 11 is 0. The number of guanidine groups is 1. The maximum Gasteiger partial charge on any atom is 0.193 e. The normalized spacial score (nSPS) is 32.9. The Hall–Kier alpha value is -1.86. The van der Waals surface area contributed by atoms with Gasteiger partial charge in [0.05, 0.1) is 25.4 Å². The van der Waals surface area contributed by atoms with E-state index >= 15 is 0 Å². The largest absolute Gasteiger partial charge is 0.378 e. The lowest BCUT2D eigenvalue weighted by atomic mass is 9.82. The van der Waals surface area contributed by atoms with Gasteiger partial charge in [-0.15, -0.1) is 0 Å². The summed E-state index contributed by atoms with van der Waals surface area (Å²) < 4.78 is 11.5. The molecule has 1 N–H and O–H groups in total. The molecule has 0 aliphatic carbocycles. The van der Waals surface area contributed by atoms with Crippen molar-refractivity contribution in [3.8, 4) is 0 Å². The van der Waals surface area contributed by atoms with Gasteiger partial charge in [0.2, 0.25) is 0 Å². The molecule has 5 rings (SSSR count). The van der Waals surface area contributed by atoms with Crippen LogP contribution in [0.1, 0.15) is 18.4 Å². The molecule has 4 atom stereocenters. The van der Waals surface area contributed by atoms with E-state index in [0.717, 1.165) is 57.7 Å². The summed E-state index contributed by atoms with van der Waals surface area (Å²) in [5, 5.41) is 3.53. The fourth-order valence-corrected chi connectivity index (χ4v) is 5.15. The Kier molecular flexibility index (Phi) is 4.65. The molecule has 1 aromatic rings. The monoisotopic (exact) mass is 371 g/mol. The van der Waals surface area contributed by atoms with E-state index in [2.05, 4.69) is 37.2 Å². The third-order valence-electron chi connectivity index (χ3n) is 6.56. The minimum atomic E-state index is 0.486. The van der Waals surface area contributed by atoms with Crippen molar-refractivity contribution in [3.05, 3.63) is 23.9 Å². The average molecular weight is 371 g/mol. The van der Waals surface area contributed by atoms with Crippen LogP contribution in [0.4, 0.5) is 5.82 Å². The number of nitrogens with one attached hydrogen (secondary N) is 1. The SMILES string of the molecule is CN=C(NCc1ccc(N2CCOCC2)nc1)N1CC2C3CCC(O3)C2C1. The van der Waals surface area contributed by atoms with Crippen LogP contribution in [0.3, 0.4) is 0 Å². The Balaban J connectivity index is 1.17. The molecule has 1 aromatic heterocycles. The van der Waals surface area contributed by atoms with Gasteiger partial charge in [-0.25, -0.2) is 4.98 Å². The first-order valence-electron chi connectivity index (χ1n) is 10.2. The van der Waals surface area contributed by atoms with E-state index in [1.54, 1.807) is 0 Å². The average Bonchev–Trinajstić information content (AvgIpc) is 3.43. The van der Waals surface area contributed by atoms with Crippen molar-refractivity contribution in [3.63, 3.8) is 0 Å². The minimum Gasteiger partial charge on any atom is -0.378 e. The fourth-order valence-electron chi connectivity index (χ4n) is 5.15. The number of nitrogens with zero attached hydrogens (tertiary/aromatic N) is 4. The highest BCUT2D eigenvalue weighted by atomic mass is 16.5. The number of aromatic nitrogens is 1. The molecule has 5 heterocycles. The van der Waals surface area contributed by atoms with Crippen molar-refractivity contribution in [2.24, 2.45) is 16.8 Å². The van der Waals surface area contributed by atoms with Gasteiger partial charge in [0.15, 0.2) is 5.96 Å². The highest BCUT2D eigenvalue weighted by Crippen LogP contribution is 2.47. The Morgan fingerprint density at radius 1 is 1.19 bits per heavy atom. The van der Waals surface area contributed by atoms with Gasteiger partial charge in [-0.05, 0) is 24.5 Å². The van der Waals surface area contributed by atoms with Crippen molar-refractivity contribution >= 4 is 11.8 Å². The van der Waals surface area contributed by atoms with E-state index in [4.69, 9.17) is 9.47 Å². The van der Waals surface area contributed by atoms with Crippen molar-refractivity contribution < 1.29 is 9.47 Å². The molecule has 4 fully saturated rings. The van der Waals surface area contributed by atoms with E-state index < -0.39 is 0 Å². The van der Waals surface area contributed by atoms with Crippen LogP contribution < -0.4 is 10.2 Å². The summed E-state index contributed by atoms with van der Waals surface area (Å²) in [5.74, 6) is 3.42. The zero-order valence-electron chi connectivity index (χ0n) is 16.0. The van der Waals surface area contributed by atoms with Crippen molar-refractivity contribution in [1.82, 2.24) is 15.2 Å². The summed E-state index contributed by atoms with van der Waals surface area (Å²) in [6.45, 7) is 6.29. The van der Waals surface area contributed by atoms with Gasteiger partial charge in [0.1, 0.15) is 5.82 Å². The highest BCUT2D eigenvalue weighted by Gasteiger charge is 2.53. The zero-order valence-corrected chi connectivity index (χ0v) is 16.0. The molecular formula is C20H29N5O2. The summed E-state index contributed by atoms with van der Waals surface area (Å²) in [7, 11) is 1.88. The summed E-state index contributed by atoms with van der Waals surface area (Å²) in [5.41, 5.74) is 1.18. The molecule has 7 heteroatoms. The molecule has 4 unspecified atom stereocenters. The number of rotatable bonds is 3. The number of pyridine rings is 1. The summed E-state index contributed by atoms with van der Waals surface area (Å²) in [4.78, 5) is 13.9. The number of ether oxygens (including phenoxy) is 2. The van der Waals surface area contributed by atoms with Crippen LogP contribution in [0.15, 0.2) is 23.3 Å². The van der Waals surface area contributed by atoms with E-state index in [0.29, 0.717) is 24.0 Å². The summed E-state index contributed by atoms with van der Waals surface area (Å²) in [6, 6.07) is 4.27. The Morgan fingerprint density at radius 2 is 1.93 bits per heavy atom. The lowest BCUT2D eigenvalue weighted by Crippen LogP contribution is -2.41. The van der Waals surface area contributed by atoms with Crippen LogP contribution in [0.5, 0.6) is 0 Å². The number of morpholine rings is 1. The second-order valence-corrected chi connectivity index (χ2v) is 8.05. The van der Waals surface area contributed by atoms with Gasteiger partial charge in [0.25, 0.3) is 0 Å². The van der Waals surface area contributed by atoms with E-state index in [9.17, 15) is 0 Å². The quantitative estimate of drug-likeness (QED) is 0.634. The molecule has 4 saturated heterocycles. The Labute approximate surface area is 160 Å². The summed E-state index contributed by atoms with van der Waals surface area (Å²) in [6.07, 6.45) is 5.43. The third-order valence-corrected chi connectivity index (χ3v) is 6.56. The maximum atomic E-state index is 6.08.